The monoisotopic (exact) mass is 328 g/mol. The van der Waals surface area contributed by atoms with E-state index in [1.54, 1.807) is 25.1 Å². The number of amides is 2. The zero-order valence-corrected chi connectivity index (χ0v) is 13.7. The van der Waals surface area contributed by atoms with Gasteiger partial charge in [-0.05, 0) is 25.0 Å². The fourth-order valence-corrected chi connectivity index (χ4v) is 2.88. The Morgan fingerprint density at radius 1 is 1.24 bits per heavy atom. The highest BCUT2D eigenvalue weighted by Gasteiger charge is 2.39. The largest absolute Gasteiger partial charge is 0.342 e. The molecule has 0 saturated carbocycles. The third kappa shape index (κ3) is 3.16. The average Bonchev–Trinajstić information content (AvgIpc) is 2.41. The topological polar surface area (TPSA) is 49.4 Å². The first-order valence-corrected chi connectivity index (χ1v) is 7.62. The van der Waals surface area contributed by atoms with Crippen LogP contribution in [0.15, 0.2) is 18.2 Å². The van der Waals surface area contributed by atoms with Crippen LogP contribution in [0.1, 0.15) is 26.3 Å². The van der Waals surface area contributed by atoms with Gasteiger partial charge >= 0.3 is 0 Å². The number of hydrogen-bond acceptors (Lipinski definition) is 2. The average molecular weight is 329 g/mol. The van der Waals surface area contributed by atoms with Gasteiger partial charge in [-0.15, -0.1) is 0 Å². The van der Waals surface area contributed by atoms with E-state index < -0.39 is 12.1 Å². The quantitative estimate of drug-likeness (QED) is 0.927. The molecule has 1 aliphatic heterocycles. The minimum Gasteiger partial charge on any atom is -0.342 e. The first kappa shape index (κ1) is 16.1. The van der Waals surface area contributed by atoms with Crippen molar-refractivity contribution in [3.63, 3.8) is 0 Å². The van der Waals surface area contributed by atoms with Crippen LogP contribution < -0.4 is 5.32 Å². The lowest BCUT2D eigenvalue weighted by Crippen LogP contribution is -2.63. The van der Waals surface area contributed by atoms with E-state index >= 15 is 0 Å². The highest BCUT2D eigenvalue weighted by Crippen LogP contribution is 2.28. The molecule has 2 amide bonds. The van der Waals surface area contributed by atoms with Gasteiger partial charge in [0.2, 0.25) is 11.8 Å². The number of carbonyl (C=O) groups is 2. The summed E-state index contributed by atoms with van der Waals surface area (Å²) in [5.41, 5.74) is 0.665. The highest BCUT2D eigenvalue weighted by atomic mass is 35.5. The lowest BCUT2D eigenvalue weighted by Gasteiger charge is -2.39. The van der Waals surface area contributed by atoms with Crippen molar-refractivity contribution < 1.29 is 9.59 Å². The molecule has 0 radical (unpaired) electrons. The Morgan fingerprint density at radius 2 is 1.81 bits per heavy atom. The summed E-state index contributed by atoms with van der Waals surface area (Å²) in [7, 11) is 0. The van der Waals surface area contributed by atoms with Gasteiger partial charge in [0, 0.05) is 22.2 Å². The van der Waals surface area contributed by atoms with Crippen LogP contribution in [0, 0.1) is 5.92 Å². The van der Waals surface area contributed by atoms with Crippen LogP contribution in [-0.4, -0.2) is 28.8 Å². The number of nitrogens with zero attached hydrogens (tertiary/aromatic N) is 1. The number of hydrogen-bond donors (Lipinski definition) is 1. The Balaban J connectivity index is 2.32. The first-order valence-electron chi connectivity index (χ1n) is 6.86. The molecule has 114 valence electrons. The van der Waals surface area contributed by atoms with Gasteiger partial charge in [0.05, 0.1) is 0 Å². The summed E-state index contributed by atoms with van der Waals surface area (Å²) in [6, 6.07) is 4.15. The molecular formula is C15H18Cl2N2O2. The van der Waals surface area contributed by atoms with Gasteiger partial charge in [0.25, 0.3) is 0 Å². The van der Waals surface area contributed by atoms with Gasteiger partial charge in [-0.2, -0.15) is 0 Å². The maximum atomic E-state index is 12.6. The van der Waals surface area contributed by atoms with Crippen molar-refractivity contribution >= 4 is 35.0 Å². The van der Waals surface area contributed by atoms with E-state index in [-0.39, 0.29) is 24.3 Å². The van der Waals surface area contributed by atoms with Crippen LogP contribution in [0.25, 0.3) is 0 Å². The van der Waals surface area contributed by atoms with Crippen molar-refractivity contribution in [3.05, 3.63) is 33.8 Å². The zero-order chi connectivity index (χ0) is 15.7. The summed E-state index contributed by atoms with van der Waals surface area (Å²) in [5, 5.41) is 3.75. The molecule has 1 N–H and O–H groups in total. The second-order valence-electron chi connectivity index (χ2n) is 5.57. The molecule has 2 rings (SSSR count). The number of carbonyl (C=O) groups excluding carboxylic acids is 2. The fourth-order valence-electron chi connectivity index (χ4n) is 2.37. The Hall–Kier alpha value is -1.26. The first-order chi connectivity index (χ1) is 9.82. The minimum atomic E-state index is -0.542. The lowest BCUT2D eigenvalue weighted by atomic mass is 9.98. The number of nitrogens with one attached hydrogen (secondary N) is 1. The van der Waals surface area contributed by atoms with Crippen LogP contribution in [0.2, 0.25) is 10.0 Å². The van der Waals surface area contributed by atoms with Crippen molar-refractivity contribution in [2.75, 3.05) is 0 Å². The number of rotatable bonds is 3. The van der Waals surface area contributed by atoms with Crippen molar-refractivity contribution in [2.45, 2.75) is 39.4 Å². The highest BCUT2D eigenvalue weighted by molar-refractivity contribution is 6.36. The Kier molecular flexibility index (Phi) is 4.79. The van der Waals surface area contributed by atoms with E-state index in [0.717, 1.165) is 0 Å². The van der Waals surface area contributed by atoms with Gasteiger partial charge in [0.15, 0.2) is 0 Å². The molecule has 4 nitrogen and oxygen atoms in total. The normalized spacial score (nSPS) is 22.7. The van der Waals surface area contributed by atoms with Crippen LogP contribution >= 0.6 is 23.2 Å². The summed E-state index contributed by atoms with van der Waals surface area (Å²) in [6.07, 6.45) is 0. The Labute approximate surface area is 134 Å². The van der Waals surface area contributed by atoms with Crippen LogP contribution in [0.3, 0.4) is 0 Å². The molecule has 2 unspecified atom stereocenters. The molecule has 1 aromatic carbocycles. The summed E-state index contributed by atoms with van der Waals surface area (Å²) in [4.78, 5) is 26.2. The molecule has 21 heavy (non-hydrogen) atoms. The molecule has 0 spiro atoms. The van der Waals surface area contributed by atoms with E-state index in [4.69, 9.17) is 23.2 Å². The Morgan fingerprint density at radius 3 is 2.33 bits per heavy atom. The molecule has 0 aliphatic carbocycles. The molecule has 2 atom stereocenters. The van der Waals surface area contributed by atoms with E-state index in [9.17, 15) is 9.59 Å². The van der Waals surface area contributed by atoms with Crippen molar-refractivity contribution in [2.24, 2.45) is 5.92 Å². The molecule has 1 aliphatic rings. The molecule has 6 heteroatoms. The Bertz CT molecular complexity index is 555. The molecular weight excluding hydrogens is 311 g/mol. The van der Waals surface area contributed by atoms with Gasteiger partial charge < -0.3 is 10.2 Å². The van der Waals surface area contributed by atoms with Crippen molar-refractivity contribution in [3.8, 4) is 0 Å². The molecule has 1 fully saturated rings. The summed E-state index contributed by atoms with van der Waals surface area (Å²) >= 11 is 12.3. The number of piperazine rings is 1. The maximum absolute atomic E-state index is 12.6. The second kappa shape index (κ2) is 6.24. The SMILES string of the molecule is CC(C)C1NC(=O)C(C)N(Cc2c(Cl)cccc2Cl)C1=O. The fraction of sp³-hybridized carbons (Fsp3) is 0.467. The summed E-state index contributed by atoms with van der Waals surface area (Å²) in [5.74, 6) is -0.234. The van der Waals surface area contributed by atoms with Crippen molar-refractivity contribution in [1.82, 2.24) is 10.2 Å². The van der Waals surface area contributed by atoms with E-state index in [2.05, 4.69) is 5.32 Å². The van der Waals surface area contributed by atoms with Gasteiger partial charge in [-0.25, -0.2) is 0 Å². The third-order valence-corrected chi connectivity index (χ3v) is 4.46. The number of halogens is 2. The minimum absolute atomic E-state index is 0.0261. The molecule has 0 bridgehead atoms. The third-order valence-electron chi connectivity index (χ3n) is 3.75. The predicted molar refractivity (Wildman–Crippen MR) is 83.2 cm³/mol. The second-order valence-corrected chi connectivity index (χ2v) is 6.39. The molecule has 1 heterocycles. The van der Waals surface area contributed by atoms with Gasteiger partial charge in [0.1, 0.15) is 12.1 Å². The van der Waals surface area contributed by atoms with Crippen molar-refractivity contribution in [1.29, 1.82) is 0 Å². The smallest absolute Gasteiger partial charge is 0.246 e. The lowest BCUT2D eigenvalue weighted by molar-refractivity contribution is -0.150. The van der Waals surface area contributed by atoms with Crippen LogP contribution in [0.4, 0.5) is 0 Å². The molecule has 0 aromatic heterocycles. The van der Waals surface area contributed by atoms with E-state index in [1.807, 2.05) is 13.8 Å². The van der Waals surface area contributed by atoms with E-state index in [0.29, 0.717) is 15.6 Å². The maximum Gasteiger partial charge on any atom is 0.246 e. The summed E-state index contributed by atoms with van der Waals surface area (Å²) < 4.78 is 0. The van der Waals surface area contributed by atoms with Gasteiger partial charge in [-0.3, -0.25) is 9.59 Å². The van der Waals surface area contributed by atoms with E-state index in [1.165, 1.54) is 4.90 Å². The zero-order valence-electron chi connectivity index (χ0n) is 12.2. The summed E-state index contributed by atoms with van der Waals surface area (Å²) in [6.45, 7) is 5.74. The molecule has 1 aromatic rings. The van der Waals surface area contributed by atoms with Crippen LogP contribution in [-0.2, 0) is 16.1 Å². The number of benzene rings is 1. The standard InChI is InChI=1S/C15H18Cl2N2O2/c1-8(2)13-15(21)19(9(3)14(20)18-13)7-10-11(16)5-4-6-12(10)17/h4-6,8-9,13H,7H2,1-3H3,(H,18,20). The predicted octanol–water partition coefficient (Wildman–Crippen LogP) is 2.86. The molecule has 1 saturated heterocycles. The van der Waals surface area contributed by atoms with Crippen LogP contribution in [0.5, 0.6) is 0 Å². The van der Waals surface area contributed by atoms with Gasteiger partial charge in [-0.1, -0.05) is 43.1 Å².